The number of carbonyl (C=O) groups excluding carboxylic acids is 3. The molecule has 1 atom stereocenters. The van der Waals surface area contributed by atoms with Crippen molar-refractivity contribution in [1.29, 1.82) is 0 Å². The number of hydrogen-bond donors (Lipinski definition) is 2. The molecule has 0 aliphatic rings. The molecule has 0 spiro atoms. The number of terminal acetylenes is 1. The lowest BCUT2D eigenvalue weighted by atomic mass is 10.1. The monoisotopic (exact) mass is 541 g/mol. The fraction of sp³-hybridized carbons (Fsp3) is 0.516. The third-order valence-electron chi connectivity index (χ3n) is 4.37. The molecule has 224 valence electrons. The fourth-order valence-electron chi connectivity index (χ4n) is 2.67. The van der Waals surface area contributed by atoms with E-state index in [0.717, 1.165) is 19.3 Å². The second kappa shape index (κ2) is 29.0. The number of nitrogens with two attached hydrogens (primary N) is 1. The number of hydrogen-bond acceptors (Lipinski definition) is 6. The van der Waals surface area contributed by atoms with Crippen LogP contribution in [0, 0.1) is 71.5 Å². The number of aliphatic hydroxyl groups is 1. The quantitative estimate of drug-likeness (QED) is 0.121. The average Bonchev–Trinajstić information content (AvgIpc) is 2.88. The first-order chi connectivity index (χ1) is 18.4. The van der Waals surface area contributed by atoms with Crippen LogP contribution in [0.3, 0.4) is 0 Å². The Labute approximate surface area is 244 Å². The highest BCUT2D eigenvalue weighted by molar-refractivity contribution is 5.89. The van der Waals surface area contributed by atoms with Crippen LogP contribution in [-0.2, 0) is 23.9 Å². The first-order valence-electron chi connectivity index (χ1n) is 12.6. The van der Waals surface area contributed by atoms with Crippen molar-refractivity contribution >= 4 is 17.8 Å². The second-order valence-corrected chi connectivity index (χ2v) is 7.83. The van der Waals surface area contributed by atoms with Crippen molar-refractivity contribution in [3.8, 4) is 71.5 Å². The van der Waals surface area contributed by atoms with Crippen molar-refractivity contribution < 1.29 is 44.7 Å². The van der Waals surface area contributed by atoms with Gasteiger partial charge in [-0.2, -0.15) is 0 Å². The van der Waals surface area contributed by atoms with E-state index in [9.17, 15) is 19.5 Å². The van der Waals surface area contributed by atoms with E-state index in [-0.39, 0.29) is 34.6 Å². The Hall–Kier alpha value is -4.27. The van der Waals surface area contributed by atoms with Gasteiger partial charge in [0.15, 0.2) is 6.10 Å². The van der Waals surface area contributed by atoms with Crippen LogP contribution in [0.15, 0.2) is 0 Å². The second-order valence-electron chi connectivity index (χ2n) is 7.83. The summed E-state index contributed by atoms with van der Waals surface area (Å²) in [5.74, 6) is 24.0. The molecule has 0 radical (unpaired) electrons. The molecule has 7 nitrogen and oxygen atoms in total. The van der Waals surface area contributed by atoms with Gasteiger partial charge in [-0.05, 0) is 65.6 Å². The molecule has 0 bridgehead atoms. The summed E-state index contributed by atoms with van der Waals surface area (Å²) < 4.78 is 10.0. The molecule has 0 aliphatic carbocycles. The normalized spacial score (nSPS) is 9.00. The van der Waals surface area contributed by atoms with E-state index in [1.54, 1.807) is 0 Å². The lowest BCUT2D eigenvalue weighted by molar-refractivity contribution is -0.159. The van der Waals surface area contributed by atoms with E-state index in [1.165, 1.54) is 51.9 Å². The summed E-state index contributed by atoms with van der Waals surface area (Å²) in [5, 5.41) is 9.33. The van der Waals surface area contributed by atoms with Crippen molar-refractivity contribution in [3.05, 3.63) is 0 Å². The summed E-state index contributed by atoms with van der Waals surface area (Å²) in [6.07, 6.45) is 16.0. The number of amides is 1. The van der Waals surface area contributed by atoms with Gasteiger partial charge in [0.2, 0.25) is 5.91 Å². The van der Waals surface area contributed by atoms with Crippen LogP contribution in [0.1, 0.15) is 100 Å². The van der Waals surface area contributed by atoms with Gasteiger partial charge in [-0.15, -0.1) is 6.42 Å². The van der Waals surface area contributed by atoms with Crippen molar-refractivity contribution in [3.63, 3.8) is 0 Å². The SMILES string of the molecule is C#CC#CC#CC#CC#CC#CC(=O)OC[C@H](CO)OC(=O)CCCCCCCCCCCC.CC(N)=O.[HH].[HH].[HH].[HH].[HH].[HH].[HH].[HH].[HH].[HH].[HH]. The molecule has 0 heterocycles. The van der Waals surface area contributed by atoms with Gasteiger partial charge in [0.05, 0.1) is 6.61 Å². The summed E-state index contributed by atoms with van der Waals surface area (Å²) in [6.45, 7) is 2.79. The summed E-state index contributed by atoms with van der Waals surface area (Å²) in [6, 6.07) is 0. The third-order valence-corrected chi connectivity index (χ3v) is 4.37. The molecule has 38 heavy (non-hydrogen) atoms. The molecule has 0 fully saturated rings. The maximum atomic E-state index is 11.9. The molecule has 0 aromatic heterocycles. The maximum absolute atomic E-state index is 11.9. The van der Waals surface area contributed by atoms with Crippen LogP contribution in [-0.4, -0.2) is 42.3 Å². The molecule has 0 saturated carbocycles. The topological polar surface area (TPSA) is 116 Å². The molecule has 0 unspecified atom stereocenters. The van der Waals surface area contributed by atoms with Gasteiger partial charge in [-0.25, -0.2) is 4.79 Å². The zero-order valence-electron chi connectivity index (χ0n) is 22.4. The Bertz CT molecular complexity index is 1090. The van der Waals surface area contributed by atoms with Crippen LogP contribution in [0.25, 0.3) is 0 Å². The molecule has 7 heteroatoms. The molecular weight excluding hydrogens is 482 g/mol. The standard InChI is InChI=1S/C29H32O5.C2H5NO.11H2/c1-3-5-7-9-11-13-15-17-19-21-23-28(31)33-26-27(25-30)34-29(32)24-22-20-18-16-14-12-10-8-6-4-2;1-2(3)4;;;;;;;;;;;/h1,27,30H,4,6,8,10,12,14,16,18,20,22,24-26H2,2H3;1H3,(H2,3,4);11*1H/t27-;;;;;;;;;;;;/m0............/s1. The highest BCUT2D eigenvalue weighted by Crippen LogP contribution is 2.11. The number of unbranched alkanes of at least 4 members (excludes halogenated alkanes) is 9. The summed E-state index contributed by atoms with van der Waals surface area (Å²) >= 11 is 0. The Balaban J connectivity index is -0.0000000742. The fourth-order valence-corrected chi connectivity index (χ4v) is 2.67. The minimum Gasteiger partial charge on any atom is -0.456 e. The van der Waals surface area contributed by atoms with Gasteiger partial charge < -0.3 is 20.3 Å². The van der Waals surface area contributed by atoms with Crippen LogP contribution in [0.5, 0.6) is 0 Å². The Morgan fingerprint density at radius 3 is 1.74 bits per heavy atom. The zero-order chi connectivity index (χ0) is 28.7. The highest BCUT2D eigenvalue weighted by atomic mass is 16.6. The van der Waals surface area contributed by atoms with Crippen LogP contribution in [0.2, 0.25) is 0 Å². The van der Waals surface area contributed by atoms with Crippen molar-refractivity contribution in [2.75, 3.05) is 13.2 Å². The zero-order valence-corrected chi connectivity index (χ0v) is 22.4. The highest BCUT2D eigenvalue weighted by Gasteiger charge is 2.15. The molecule has 3 N–H and O–H groups in total. The van der Waals surface area contributed by atoms with Crippen molar-refractivity contribution in [1.82, 2.24) is 0 Å². The van der Waals surface area contributed by atoms with E-state index in [2.05, 4.69) is 77.8 Å². The Morgan fingerprint density at radius 1 is 0.816 bits per heavy atom. The van der Waals surface area contributed by atoms with Gasteiger partial charge in [0.1, 0.15) is 6.61 Å². The van der Waals surface area contributed by atoms with Gasteiger partial charge in [0.25, 0.3) is 0 Å². The lowest BCUT2D eigenvalue weighted by Crippen LogP contribution is -2.28. The van der Waals surface area contributed by atoms with E-state index >= 15 is 0 Å². The predicted octanol–water partition coefficient (Wildman–Crippen LogP) is 5.59. The number of carbonyl (C=O) groups is 3. The van der Waals surface area contributed by atoms with E-state index in [0.29, 0.717) is 0 Å². The van der Waals surface area contributed by atoms with E-state index < -0.39 is 24.6 Å². The summed E-state index contributed by atoms with van der Waals surface area (Å²) in [7, 11) is 0. The number of aliphatic hydroxyl groups excluding tert-OH is 1. The molecule has 0 aromatic carbocycles. The Morgan fingerprint density at radius 2 is 1.26 bits per heavy atom. The number of ether oxygens (including phenoxy) is 2. The summed E-state index contributed by atoms with van der Waals surface area (Å²) in [4.78, 5) is 32.7. The largest absolute Gasteiger partial charge is 0.456 e. The molecule has 0 saturated heterocycles. The minimum atomic E-state index is -0.922. The smallest absolute Gasteiger partial charge is 0.385 e. The number of primary amides is 1. The van der Waals surface area contributed by atoms with E-state index in [4.69, 9.17) is 15.9 Å². The van der Waals surface area contributed by atoms with Gasteiger partial charge in [0, 0.05) is 35.0 Å². The van der Waals surface area contributed by atoms with Gasteiger partial charge >= 0.3 is 11.9 Å². The number of rotatable bonds is 15. The molecule has 1 amide bonds. The Kier molecular flexibility index (Phi) is 27.4. The van der Waals surface area contributed by atoms with Gasteiger partial charge in [-0.3, -0.25) is 9.59 Å². The maximum Gasteiger partial charge on any atom is 0.385 e. The predicted molar refractivity (Wildman–Crippen MR) is 170 cm³/mol. The lowest BCUT2D eigenvalue weighted by Gasteiger charge is -2.14. The third kappa shape index (κ3) is 31.7. The van der Waals surface area contributed by atoms with Gasteiger partial charge in [-0.1, -0.05) is 64.7 Å². The molecule has 0 aliphatic heterocycles. The van der Waals surface area contributed by atoms with Crippen LogP contribution < -0.4 is 5.73 Å². The van der Waals surface area contributed by atoms with Crippen LogP contribution in [0.4, 0.5) is 0 Å². The summed E-state index contributed by atoms with van der Waals surface area (Å²) in [5.41, 5.74) is 4.47. The first kappa shape index (κ1) is 35.9. The minimum absolute atomic E-state index is 0. The molecular formula is C31H59NO6. The molecule has 0 rings (SSSR count). The first-order valence-corrected chi connectivity index (χ1v) is 12.6. The average molecular weight is 542 g/mol. The van der Waals surface area contributed by atoms with Crippen molar-refractivity contribution in [2.24, 2.45) is 5.73 Å². The van der Waals surface area contributed by atoms with E-state index in [1.807, 2.05) is 0 Å². The number of esters is 2. The van der Waals surface area contributed by atoms with Crippen molar-refractivity contribution in [2.45, 2.75) is 90.6 Å². The molecule has 0 aromatic rings. The van der Waals surface area contributed by atoms with Crippen LogP contribution >= 0.6 is 0 Å².